The topological polar surface area (TPSA) is 83.7 Å². The van der Waals surface area contributed by atoms with Gasteiger partial charge in [0.05, 0.1) is 10.9 Å². The predicted octanol–water partition coefficient (Wildman–Crippen LogP) is 0.629. The highest BCUT2D eigenvalue weighted by molar-refractivity contribution is 9.10. The van der Waals surface area contributed by atoms with Gasteiger partial charge in [0.25, 0.3) is 0 Å². The molecule has 0 bridgehead atoms. The number of piperazine rings is 1. The fraction of sp³-hybridized carbons (Fsp3) is 0.462. The van der Waals surface area contributed by atoms with Crippen LogP contribution in [-0.2, 0) is 14.8 Å². The Hall–Kier alpha value is -0.960. The highest BCUT2D eigenvalue weighted by Gasteiger charge is 2.31. The van der Waals surface area contributed by atoms with Crippen molar-refractivity contribution in [3.63, 3.8) is 0 Å². The second-order valence-electron chi connectivity index (χ2n) is 4.95. The van der Waals surface area contributed by atoms with Crippen LogP contribution in [0.25, 0.3) is 0 Å². The molecule has 2 rings (SSSR count). The summed E-state index contributed by atoms with van der Waals surface area (Å²) in [4.78, 5) is 13.3. The molecule has 8 heteroatoms. The van der Waals surface area contributed by atoms with Crippen LogP contribution in [0.3, 0.4) is 0 Å². The van der Waals surface area contributed by atoms with E-state index < -0.39 is 15.9 Å². The SMILES string of the molecule is C[C@H](C(N)=O)N1CCN(S(=O)(=O)c2ccccc2Br)CC1. The van der Waals surface area contributed by atoms with Gasteiger partial charge in [-0.15, -0.1) is 0 Å². The maximum Gasteiger partial charge on any atom is 0.244 e. The molecule has 116 valence electrons. The van der Waals surface area contributed by atoms with E-state index in [4.69, 9.17) is 5.73 Å². The third-order valence-electron chi connectivity index (χ3n) is 3.69. The molecule has 0 saturated carbocycles. The molecule has 1 aliphatic heterocycles. The molecular formula is C13H18BrN3O3S. The average Bonchev–Trinajstić information content (AvgIpc) is 2.46. The Morgan fingerprint density at radius 2 is 1.81 bits per heavy atom. The van der Waals surface area contributed by atoms with Crippen molar-refractivity contribution >= 4 is 31.9 Å². The first kappa shape index (κ1) is 16.4. The maximum absolute atomic E-state index is 12.6. The number of benzene rings is 1. The van der Waals surface area contributed by atoms with E-state index >= 15 is 0 Å². The second kappa shape index (κ2) is 6.43. The number of rotatable bonds is 4. The summed E-state index contributed by atoms with van der Waals surface area (Å²) in [6, 6.07) is 6.38. The molecule has 0 aromatic heterocycles. The van der Waals surface area contributed by atoms with Gasteiger partial charge in [0.2, 0.25) is 15.9 Å². The summed E-state index contributed by atoms with van der Waals surface area (Å²) in [5.41, 5.74) is 5.28. The van der Waals surface area contributed by atoms with Crippen LogP contribution in [0.15, 0.2) is 33.6 Å². The fourth-order valence-electron chi connectivity index (χ4n) is 2.30. The van der Waals surface area contributed by atoms with Crippen LogP contribution in [-0.4, -0.2) is 55.8 Å². The van der Waals surface area contributed by atoms with E-state index in [1.807, 2.05) is 4.90 Å². The summed E-state index contributed by atoms with van der Waals surface area (Å²) in [5, 5.41) is 0. The van der Waals surface area contributed by atoms with Crippen molar-refractivity contribution in [2.75, 3.05) is 26.2 Å². The number of nitrogens with zero attached hydrogens (tertiary/aromatic N) is 2. The van der Waals surface area contributed by atoms with E-state index in [0.717, 1.165) is 0 Å². The van der Waals surface area contributed by atoms with Crippen LogP contribution in [0.2, 0.25) is 0 Å². The normalized spacial score (nSPS) is 19.3. The highest BCUT2D eigenvalue weighted by atomic mass is 79.9. The van der Waals surface area contributed by atoms with Gasteiger partial charge < -0.3 is 5.73 Å². The Balaban J connectivity index is 2.12. The van der Waals surface area contributed by atoms with E-state index in [-0.39, 0.29) is 10.9 Å². The molecule has 21 heavy (non-hydrogen) atoms. The molecule has 0 unspecified atom stereocenters. The summed E-state index contributed by atoms with van der Waals surface area (Å²) >= 11 is 3.28. The average molecular weight is 376 g/mol. The Morgan fingerprint density at radius 3 is 2.33 bits per heavy atom. The lowest BCUT2D eigenvalue weighted by Gasteiger charge is -2.36. The summed E-state index contributed by atoms with van der Waals surface area (Å²) in [7, 11) is -3.52. The number of hydrogen-bond acceptors (Lipinski definition) is 4. The van der Waals surface area contributed by atoms with Gasteiger partial charge in [-0.25, -0.2) is 8.42 Å². The fourth-order valence-corrected chi connectivity index (χ4v) is 4.69. The first-order valence-electron chi connectivity index (χ1n) is 6.62. The predicted molar refractivity (Wildman–Crippen MR) is 83.1 cm³/mol. The van der Waals surface area contributed by atoms with Crippen molar-refractivity contribution in [2.45, 2.75) is 17.9 Å². The van der Waals surface area contributed by atoms with E-state index in [2.05, 4.69) is 15.9 Å². The standard InChI is InChI=1S/C13H18BrN3O3S/c1-10(13(15)18)16-6-8-17(9-7-16)21(19,20)12-5-3-2-4-11(12)14/h2-5,10H,6-9H2,1H3,(H2,15,18)/t10-/m1/s1. The molecule has 1 heterocycles. The van der Waals surface area contributed by atoms with Gasteiger partial charge >= 0.3 is 0 Å². The zero-order valence-electron chi connectivity index (χ0n) is 11.7. The molecule has 6 nitrogen and oxygen atoms in total. The molecular weight excluding hydrogens is 358 g/mol. The minimum atomic E-state index is -3.52. The minimum Gasteiger partial charge on any atom is -0.368 e. The molecule has 1 atom stereocenters. The zero-order chi connectivity index (χ0) is 15.6. The van der Waals surface area contributed by atoms with Gasteiger partial charge in [0.15, 0.2) is 0 Å². The van der Waals surface area contributed by atoms with Gasteiger partial charge in [-0.05, 0) is 35.0 Å². The number of sulfonamides is 1. The molecule has 1 amide bonds. The van der Waals surface area contributed by atoms with E-state index in [0.29, 0.717) is 30.7 Å². The molecule has 1 aromatic carbocycles. The quantitative estimate of drug-likeness (QED) is 0.836. The Kier molecular flexibility index (Phi) is 5.03. The Labute approximate surface area is 133 Å². The minimum absolute atomic E-state index is 0.265. The number of amides is 1. The number of halogens is 1. The van der Waals surface area contributed by atoms with E-state index in [1.165, 1.54) is 4.31 Å². The number of carbonyl (C=O) groups is 1. The van der Waals surface area contributed by atoms with Crippen molar-refractivity contribution < 1.29 is 13.2 Å². The van der Waals surface area contributed by atoms with Gasteiger partial charge in [0, 0.05) is 30.7 Å². The summed E-state index contributed by atoms with van der Waals surface area (Å²) in [6.45, 7) is 3.42. The van der Waals surface area contributed by atoms with Gasteiger partial charge in [-0.2, -0.15) is 4.31 Å². The van der Waals surface area contributed by atoms with Crippen LogP contribution >= 0.6 is 15.9 Å². The first-order valence-corrected chi connectivity index (χ1v) is 8.85. The van der Waals surface area contributed by atoms with Crippen molar-refractivity contribution in [1.29, 1.82) is 0 Å². The summed E-state index contributed by atoms with van der Waals surface area (Å²) in [5.74, 6) is -0.392. The van der Waals surface area contributed by atoms with E-state index in [9.17, 15) is 13.2 Å². The number of carbonyl (C=O) groups excluding carboxylic acids is 1. The third-order valence-corrected chi connectivity index (χ3v) is 6.60. The molecule has 2 N–H and O–H groups in total. The van der Waals surface area contributed by atoms with Crippen molar-refractivity contribution in [2.24, 2.45) is 5.73 Å². The maximum atomic E-state index is 12.6. The highest BCUT2D eigenvalue weighted by Crippen LogP contribution is 2.25. The molecule has 0 radical (unpaired) electrons. The van der Waals surface area contributed by atoms with Crippen LogP contribution < -0.4 is 5.73 Å². The first-order chi connectivity index (χ1) is 9.84. The van der Waals surface area contributed by atoms with Crippen LogP contribution in [0.4, 0.5) is 0 Å². The third kappa shape index (κ3) is 3.45. The summed E-state index contributed by atoms with van der Waals surface area (Å²) in [6.07, 6.45) is 0. The van der Waals surface area contributed by atoms with Gasteiger partial charge in [0.1, 0.15) is 0 Å². The molecule has 1 aromatic rings. The Bertz CT molecular complexity index is 627. The summed E-state index contributed by atoms with van der Waals surface area (Å²) < 4.78 is 27.2. The number of primary amides is 1. The van der Waals surface area contributed by atoms with Crippen LogP contribution in [0, 0.1) is 0 Å². The Morgan fingerprint density at radius 1 is 1.24 bits per heavy atom. The van der Waals surface area contributed by atoms with Crippen molar-refractivity contribution in [1.82, 2.24) is 9.21 Å². The lowest BCUT2D eigenvalue weighted by molar-refractivity contribution is -0.123. The van der Waals surface area contributed by atoms with Crippen molar-refractivity contribution in [3.8, 4) is 0 Å². The smallest absolute Gasteiger partial charge is 0.244 e. The monoisotopic (exact) mass is 375 g/mol. The lowest BCUT2D eigenvalue weighted by atomic mass is 10.2. The number of nitrogens with two attached hydrogens (primary N) is 1. The van der Waals surface area contributed by atoms with Gasteiger partial charge in [-0.1, -0.05) is 12.1 Å². The lowest BCUT2D eigenvalue weighted by Crippen LogP contribution is -2.54. The molecule has 1 fully saturated rings. The largest absolute Gasteiger partial charge is 0.368 e. The molecule has 1 saturated heterocycles. The zero-order valence-corrected chi connectivity index (χ0v) is 14.1. The molecule has 1 aliphatic rings. The van der Waals surface area contributed by atoms with E-state index in [1.54, 1.807) is 31.2 Å². The van der Waals surface area contributed by atoms with Crippen LogP contribution in [0.1, 0.15) is 6.92 Å². The van der Waals surface area contributed by atoms with Crippen LogP contribution in [0.5, 0.6) is 0 Å². The number of hydrogen-bond donors (Lipinski definition) is 1. The van der Waals surface area contributed by atoms with Crippen molar-refractivity contribution in [3.05, 3.63) is 28.7 Å². The molecule has 0 spiro atoms. The second-order valence-corrected chi connectivity index (χ2v) is 7.71. The molecule has 0 aliphatic carbocycles. The van der Waals surface area contributed by atoms with Gasteiger partial charge in [-0.3, -0.25) is 9.69 Å².